The summed E-state index contributed by atoms with van der Waals surface area (Å²) in [5, 5.41) is 4.06. The minimum atomic E-state index is -0.377. The molecule has 2 aromatic rings. The molecule has 0 spiro atoms. The van der Waals surface area contributed by atoms with Gasteiger partial charge in [0.05, 0.1) is 13.3 Å². The third-order valence-corrected chi connectivity index (χ3v) is 2.77. The van der Waals surface area contributed by atoms with Crippen molar-refractivity contribution in [1.82, 2.24) is 14.6 Å². The summed E-state index contributed by atoms with van der Waals surface area (Å²) >= 11 is 0. The van der Waals surface area contributed by atoms with Gasteiger partial charge in [0.25, 0.3) is 0 Å². The molecule has 82 valence electrons. The molecule has 1 aliphatic carbocycles. The Morgan fingerprint density at radius 1 is 1.56 bits per heavy atom. The van der Waals surface area contributed by atoms with Crippen molar-refractivity contribution in [2.45, 2.75) is 18.8 Å². The zero-order valence-corrected chi connectivity index (χ0v) is 8.88. The molecule has 0 bridgehead atoms. The Hall–Kier alpha value is -1.91. The molecule has 0 N–H and O–H groups in total. The maximum atomic E-state index is 11.6. The summed E-state index contributed by atoms with van der Waals surface area (Å²) in [6.07, 6.45) is 3.93. The minimum Gasteiger partial charge on any atom is -0.464 e. The predicted octanol–water partition coefficient (Wildman–Crippen LogP) is 1.39. The van der Waals surface area contributed by atoms with Crippen LogP contribution in [0.5, 0.6) is 0 Å². The number of carbonyl (C=O) groups is 1. The lowest BCUT2D eigenvalue weighted by Crippen LogP contribution is -2.11. The third-order valence-electron chi connectivity index (χ3n) is 2.77. The van der Waals surface area contributed by atoms with Gasteiger partial charge in [0, 0.05) is 17.7 Å². The Kier molecular flexibility index (Phi) is 1.92. The second-order valence-corrected chi connectivity index (χ2v) is 3.93. The minimum absolute atomic E-state index is 0.377. The van der Waals surface area contributed by atoms with Crippen LogP contribution in [-0.4, -0.2) is 27.7 Å². The Morgan fingerprint density at radius 2 is 2.38 bits per heavy atom. The summed E-state index contributed by atoms with van der Waals surface area (Å²) in [5.41, 5.74) is 2.11. The molecule has 2 aromatic heterocycles. The Balaban J connectivity index is 2.21. The second kappa shape index (κ2) is 3.30. The fraction of sp³-hybridized carbons (Fsp3) is 0.364. The van der Waals surface area contributed by atoms with E-state index in [2.05, 4.69) is 10.1 Å². The number of hydrogen-bond donors (Lipinski definition) is 0. The lowest BCUT2D eigenvalue weighted by Gasteiger charge is -2.05. The van der Waals surface area contributed by atoms with E-state index in [1.165, 1.54) is 11.6 Å². The van der Waals surface area contributed by atoms with Crippen molar-refractivity contribution < 1.29 is 9.53 Å². The van der Waals surface area contributed by atoms with Crippen LogP contribution in [-0.2, 0) is 4.74 Å². The quantitative estimate of drug-likeness (QED) is 0.713. The lowest BCUT2D eigenvalue weighted by molar-refractivity contribution is 0.0590. The number of methoxy groups -OCH3 is 1. The van der Waals surface area contributed by atoms with E-state index >= 15 is 0 Å². The molecule has 5 heteroatoms. The first-order valence-electron chi connectivity index (χ1n) is 5.22. The zero-order chi connectivity index (χ0) is 11.1. The van der Waals surface area contributed by atoms with Crippen molar-refractivity contribution in [1.29, 1.82) is 0 Å². The van der Waals surface area contributed by atoms with Gasteiger partial charge in [-0.3, -0.25) is 0 Å². The van der Waals surface area contributed by atoms with Crippen molar-refractivity contribution in [3.63, 3.8) is 0 Å². The van der Waals surface area contributed by atoms with E-state index in [4.69, 9.17) is 4.74 Å². The van der Waals surface area contributed by atoms with E-state index < -0.39 is 0 Å². The maximum Gasteiger partial charge on any atom is 0.356 e. The van der Waals surface area contributed by atoms with E-state index in [0.717, 1.165) is 18.5 Å². The molecule has 1 aliphatic rings. The molecule has 0 amide bonds. The molecule has 3 rings (SSSR count). The van der Waals surface area contributed by atoms with Crippen LogP contribution in [0.3, 0.4) is 0 Å². The van der Waals surface area contributed by atoms with Crippen molar-refractivity contribution in [2.75, 3.05) is 7.11 Å². The van der Waals surface area contributed by atoms with Crippen LogP contribution in [0.25, 0.3) is 5.65 Å². The number of aromatic nitrogens is 3. The van der Waals surface area contributed by atoms with Crippen LogP contribution >= 0.6 is 0 Å². The number of rotatable bonds is 2. The molecule has 0 aliphatic heterocycles. The molecule has 2 heterocycles. The summed E-state index contributed by atoms with van der Waals surface area (Å²) in [4.78, 5) is 16.1. The highest BCUT2D eigenvalue weighted by molar-refractivity contribution is 5.88. The van der Waals surface area contributed by atoms with E-state index in [-0.39, 0.29) is 5.97 Å². The predicted molar refractivity (Wildman–Crippen MR) is 56.3 cm³/mol. The van der Waals surface area contributed by atoms with E-state index in [0.29, 0.717) is 17.3 Å². The summed E-state index contributed by atoms with van der Waals surface area (Å²) in [6.45, 7) is 0. The van der Waals surface area contributed by atoms with Gasteiger partial charge in [-0.25, -0.2) is 14.3 Å². The first-order chi connectivity index (χ1) is 7.79. The first kappa shape index (κ1) is 9.33. The van der Waals surface area contributed by atoms with E-state index in [1.807, 2.05) is 0 Å². The SMILES string of the molecule is COC(=O)c1cc(C2CC2)nc2ccnn12. The normalized spacial score (nSPS) is 15.3. The van der Waals surface area contributed by atoms with Gasteiger partial charge in [-0.2, -0.15) is 5.10 Å². The number of esters is 1. The van der Waals surface area contributed by atoms with Crippen LogP contribution in [0.4, 0.5) is 0 Å². The number of hydrogen-bond acceptors (Lipinski definition) is 4. The number of carbonyl (C=O) groups excluding carboxylic acids is 1. The van der Waals surface area contributed by atoms with E-state index in [9.17, 15) is 4.79 Å². The van der Waals surface area contributed by atoms with Gasteiger partial charge in [-0.1, -0.05) is 0 Å². The highest BCUT2D eigenvalue weighted by Gasteiger charge is 2.27. The van der Waals surface area contributed by atoms with Gasteiger partial charge in [0.15, 0.2) is 11.3 Å². The highest BCUT2D eigenvalue weighted by Crippen LogP contribution is 2.39. The van der Waals surface area contributed by atoms with Gasteiger partial charge >= 0.3 is 5.97 Å². The van der Waals surface area contributed by atoms with Crippen molar-refractivity contribution in [3.8, 4) is 0 Å². The van der Waals surface area contributed by atoms with Crippen LogP contribution in [0.15, 0.2) is 18.3 Å². The molecule has 5 nitrogen and oxygen atoms in total. The smallest absolute Gasteiger partial charge is 0.356 e. The summed E-state index contributed by atoms with van der Waals surface area (Å²) in [5.74, 6) is 0.126. The average molecular weight is 217 g/mol. The molecule has 0 radical (unpaired) electrons. The van der Waals surface area contributed by atoms with Crippen LogP contribution in [0, 0.1) is 0 Å². The van der Waals surface area contributed by atoms with Gasteiger partial charge in [0.2, 0.25) is 0 Å². The lowest BCUT2D eigenvalue weighted by atomic mass is 10.2. The van der Waals surface area contributed by atoms with Crippen molar-refractivity contribution in [3.05, 3.63) is 29.7 Å². The second-order valence-electron chi connectivity index (χ2n) is 3.93. The van der Waals surface area contributed by atoms with Gasteiger partial charge in [0.1, 0.15) is 0 Å². The molecular weight excluding hydrogens is 206 g/mol. The number of ether oxygens (including phenoxy) is 1. The molecule has 0 atom stereocenters. The molecule has 1 saturated carbocycles. The largest absolute Gasteiger partial charge is 0.464 e. The standard InChI is InChI=1S/C11H11N3O2/c1-16-11(15)9-6-8(7-2-3-7)13-10-4-5-12-14(9)10/h4-7H,2-3H2,1H3. The first-order valence-corrected chi connectivity index (χ1v) is 5.22. The Morgan fingerprint density at radius 3 is 3.06 bits per heavy atom. The van der Waals surface area contributed by atoms with Crippen LogP contribution in [0.1, 0.15) is 34.9 Å². The van der Waals surface area contributed by atoms with Crippen LogP contribution < -0.4 is 0 Å². The fourth-order valence-corrected chi connectivity index (χ4v) is 1.77. The molecular formula is C11H11N3O2. The van der Waals surface area contributed by atoms with Crippen LogP contribution in [0.2, 0.25) is 0 Å². The molecule has 0 aromatic carbocycles. The third kappa shape index (κ3) is 1.36. The number of fused-ring (bicyclic) bond motifs is 1. The van der Waals surface area contributed by atoms with Gasteiger partial charge in [-0.15, -0.1) is 0 Å². The maximum absolute atomic E-state index is 11.6. The molecule has 0 unspecified atom stereocenters. The van der Waals surface area contributed by atoms with Crippen molar-refractivity contribution in [2.24, 2.45) is 0 Å². The average Bonchev–Trinajstić information content (AvgIpc) is 3.05. The summed E-state index contributed by atoms with van der Waals surface area (Å²) in [6, 6.07) is 3.57. The highest BCUT2D eigenvalue weighted by atomic mass is 16.5. The number of nitrogens with zero attached hydrogens (tertiary/aromatic N) is 3. The Labute approximate surface area is 92.1 Å². The topological polar surface area (TPSA) is 56.5 Å². The van der Waals surface area contributed by atoms with Gasteiger partial charge in [-0.05, 0) is 18.9 Å². The Bertz CT molecular complexity index is 557. The summed E-state index contributed by atoms with van der Waals surface area (Å²) < 4.78 is 6.25. The molecule has 16 heavy (non-hydrogen) atoms. The van der Waals surface area contributed by atoms with Gasteiger partial charge < -0.3 is 4.74 Å². The fourth-order valence-electron chi connectivity index (χ4n) is 1.77. The summed E-state index contributed by atoms with van der Waals surface area (Å²) in [7, 11) is 1.37. The zero-order valence-electron chi connectivity index (χ0n) is 8.88. The van der Waals surface area contributed by atoms with E-state index in [1.54, 1.807) is 18.3 Å². The monoisotopic (exact) mass is 217 g/mol. The molecule has 0 saturated heterocycles. The molecule has 1 fully saturated rings. The van der Waals surface area contributed by atoms with Crippen molar-refractivity contribution >= 4 is 11.6 Å².